The third-order valence-corrected chi connectivity index (χ3v) is 2.84. The summed E-state index contributed by atoms with van der Waals surface area (Å²) < 4.78 is 29.9. The summed E-state index contributed by atoms with van der Waals surface area (Å²) in [5.41, 5.74) is 0.766. The highest BCUT2D eigenvalue weighted by Gasteiger charge is 2.33. The van der Waals surface area contributed by atoms with E-state index < -0.39 is 19.1 Å². The van der Waals surface area contributed by atoms with Gasteiger partial charge in [-0.25, -0.2) is 8.78 Å². The van der Waals surface area contributed by atoms with Gasteiger partial charge in [0.25, 0.3) is 6.43 Å². The molecule has 18 heavy (non-hydrogen) atoms. The molecule has 2 rings (SSSR count). The van der Waals surface area contributed by atoms with E-state index in [1.165, 1.54) is 0 Å². The molecule has 0 aromatic heterocycles. The van der Waals surface area contributed by atoms with Gasteiger partial charge in [0.2, 0.25) is 5.91 Å². The van der Waals surface area contributed by atoms with Crippen LogP contribution in [0.4, 0.5) is 8.78 Å². The Balaban J connectivity index is 2.17. The number of ether oxygens (including phenoxy) is 1. The van der Waals surface area contributed by atoms with Gasteiger partial charge in [0.15, 0.2) is 0 Å². The van der Waals surface area contributed by atoms with Crippen molar-refractivity contribution in [1.29, 1.82) is 0 Å². The van der Waals surface area contributed by atoms with Crippen LogP contribution in [-0.4, -0.2) is 37.4 Å². The SMILES string of the molecule is COc1ccc(C2NCC(=O)N2CC(F)F)cc1. The molecule has 1 heterocycles. The van der Waals surface area contributed by atoms with E-state index in [0.717, 1.165) is 10.5 Å². The summed E-state index contributed by atoms with van der Waals surface area (Å²) in [6.45, 7) is -0.466. The zero-order valence-corrected chi connectivity index (χ0v) is 9.90. The van der Waals surface area contributed by atoms with E-state index in [4.69, 9.17) is 4.74 Å². The van der Waals surface area contributed by atoms with E-state index in [1.54, 1.807) is 31.4 Å². The van der Waals surface area contributed by atoms with Crippen molar-refractivity contribution >= 4 is 5.91 Å². The van der Waals surface area contributed by atoms with Crippen LogP contribution in [0.2, 0.25) is 0 Å². The maximum absolute atomic E-state index is 12.4. The molecule has 6 heteroatoms. The molecule has 1 aromatic carbocycles. The minimum Gasteiger partial charge on any atom is -0.497 e. The fourth-order valence-electron chi connectivity index (χ4n) is 1.98. The molecule has 0 saturated carbocycles. The second kappa shape index (κ2) is 5.30. The lowest BCUT2D eigenvalue weighted by Crippen LogP contribution is -2.34. The number of amides is 1. The van der Waals surface area contributed by atoms with Crippen LogP contribution in [0.15, 0.2) is 24.3 Å². The summed E-state index contributed by atoms with van der Waals surface area (Å²) in [6.07, 6.45) is -3.02. The van der Waals surface area contributed by atoms with Gasteiger partial charge in [-0.15, -0.1) is 0 Å². The number of carbonyl (C=O) groups is 1. The predicted molar refractivity (Wildman–Crippen MR) is 61.5 cm³/mol. The van der Waals surface area contributed by atoms with Crippen molar-refractivity contribution in [3.05, 3.63) is 29.8 Å². The van der Waals surface area contributed by atoms with Crippen molar-refractivity contribution in [2.24, 2.45) is 0 Å². The van der Waals surface area contributed by atoms with Gasteiger partial charge in [0, 0.05) is 0 Å². The molecule has 1 saturated heterocycles. The summed E-state index contributed by atoms with van der Waals surface area (Å²) >= 11 is 0. The third-order valence-electron chi connectivity index (χ3n) is 2.84. The number of rotatable bonds is 4. The Morgan fingerprint density at radius 3 is 2.67 bits per heavy atom. The topological polar surface area (TPSA) is 41.6 Å². The molecular weight excluding hydrogens is 242 g/mol. The largest absolute Gasteiger partial charge is 0.497 e. The van der Waals surface area contributed by atoms with Gasteiger partial charge >= 0.3 is 0 Å². The van der Waals surface area contributed by atoms with Gasteiger partial charge in [-0.1, -0.05) is 12.1 Å². The van der Waals surface area contributed by atoms with Gasteiger partial charge in [0.05, 0.1) is 20.2 Å². The standard InChI is InChI=1S/C12H14F2N2O2/c1-18-9-4-2-8(3-5-9)12-15-6-11(17)16(12)7-10(13)14/h2-5,10,12,15H,6-7H2,1H3. The van der Waals surface area contributed by atoms with Crippen molar-refractivity contribution in [1.82, 2.24) is 10.2 Å². The minimum atomic E-state index is -2.53. The molecule has 1 N–H and O–H groups in total. The molecule has 0 radical (unpaired) electrons. The van der Waals surface area contributed by atoms with Crippen molar-refractivity contribution in [2.45, 2.75) is 12.6 Å². The monoisotopic (exact) mass is 256 g/mol. The number of nitrogens with one attached hydrogen (secondary N) is 1. The average Bonchev–Trinajstić information content (AvgIpc) is 2.71. The molecule has 1 atom stereocenters. The highest BCUT2D eigenvalue weighted by atomic mass is 19.3. The molecule has 1 aliphatic rings. The van der Waals surface area contributed by atoms with Gasteiger partial charge < -0.3 is 9.64 Å². The van der Waals surface area contributed by atoms with Crippen LogP contribution in [0, 0.1) is 0 Å². The number of hydrogen-bond acceptors (Lipinski definition) is 3. The van der Waals surface area contributed by atoms with Crippen molar-refractivity contribution in [2.75, 3.05) is 20.2 Å². The van der Waals surface area contributed by atoms with Crippen LogP contribution < -0.4 is 10.1 Å². The lowest BCUT2D eigenvalue weighted by molar-refractivity contribution is -0.130. The number of halogens is 2. The Bertz CT molecular complexity index is 423. The summed E-state index contributed by atoms with van der Waals surface area (Å²) in [5, 5.41) is 2.92. The van der Waals surface area contributed by atoms with Crippen molar-refractivity contribution in [3.63, 3.8) is 0 Å². The molecule has 1 fully saturated rings. The molecular formula is C12H14F2N2O2. The van der Waals surface area contributed by atoms with Crippen LogP contribution in [0.1, 0.15) is 11.7 Å². The van der Waals surface area contributed by atoms with Crippen LogP contribution in [0.5, 0.6) is 5.75 Å². The lowest BCUT2D eigenvalue weighted by atomic mass is 10.1. The number of carbonyl (C=O) groups excluding carboxylic acids is 1. The first-order valence-corrected chi connectivity index (χ1v) is 5.57. The first kappa shape index (κ1) is 12.8. The number of nitrogens with zero attached hydrogens (tertiary/aromatic N) is 1. The molecule has 1 unspecified atom stereocenters. The third kappa shape index (κ3) is 2.59. The molecule has 0 aliphatic carbocycles. The first-order valence-electron chi connectivity index (χ1n) is 5.57. The molecule has 0 bridgehead atoms. The normalized spacial score (nSPS) is 19.7. The van der Waals surface area contributed by atoms with Crippen LogP contribution in [0.3, 0.4) is 0 Å². The van der Waals surface area contributed by atoms with Gasteiger partial charge in [-0.3, -0.25) is 10.1 Å². The summed E-state index contributed by atoms with van der Waals surface area (Å²) in [7, 11) is 1.55. The highest BCUT2D eigenvalue weighted by Crippen LogP contribution is 2.24. The fraction of sp³-hybridized carbons (Fsp3) is 0.417. The Hall–Kier alpha value is -1.69. The van der Waals surface area contributed by atoms with E-state index in [9.17, 15) is 13.6 Å². The molecule has 1 aromatic rings. The molecule has 1 amide bonds. The zero-order valence-electron chi connectivity index (χ0n) is 9.90. The fourth-order valence-corrected chi connectivity index (χ4v) is 1.98. The quantitative estimate of drug-likeness (QED) is 0.885. The molecule has 4 nitrogen and oxygen atoms in total. The number of hydrogen-bond donors (Lipinski definition) is 1. The number of methoxy groups -OCH3 is 1. The van der Waals surface area contributed by atoms with Crippen molar-refractivity contribution < 1.29 is 18.3 Å². The van der Waals surface area contributed by atoms with Gasteiger partial charge in [0.1, 0.15) is 11.9 Å². The van der Waals surface area contributed by atoms with E-state index in [-0.39, 0.29) is 12.5 Å². The van der Waals surface area contributed by atoms with Crippen molar-refractivity contribution in [3.8, 4) is 5.75 Å². The number of alkyl halides is 2. The maximum Gasteiger partial charge on any atom is 0.255 e. The first-order chi connectivity index (χ1) is 8.61. The molecule has 0 spiro atoms. The smallest absolute Gasteiger partial charge is 0.255 e. The summed E-state index contributed by atoms with van der Waals surface area (Å²) in [6, 6.07) is 6.99. The van der Waals surface area contributed by atoms with E-state index in [2.05, 4.69) is 5.32 Å². The van der Waals surface area contributed by atoms with E-state index >= 15 is 0 Å². The summed E-state index contributed by atoms with van der Waals surface area (Å²) in [4.78, 5) is 12.7. The van der Waals surface area contributed by atoms with E-state index in [1.807, 2.05) is 0 Å². The summed E-state index contributed by atoms with van der Waals surface area (Å²) in [5.74, 6) is 0.375. The molecule has 98 valence electrons. The van der Waals surface area contributed by atoms with Gasteiger partial charge in [-0.2, -0.15) is 0 Å². The zero-order chi connectivity index (χ0) is 13.1. The Morgan fingerprint density at radius 1 is 1.44 bits per heavy atom. The Labute approximate surface area is 104 Å². The lowest BCUT2D eigenvalue weighted by Gasteiger charge is -2.24. The second-order valence-corrected chi connectivity index (χ2v) is 3.99. The van der Waals surface area contributed by atoms with Crippen LogP contribution in [-0.2, 0) is 4.79 Å². The predicted octanol–water partition coefficient (Wildman–Crippen LogP) is 1.39. The average molecular weight is 256 g/mol. The van der Waals surface area contributed by atoms with E-state index in [0.29, 0.717) is 5.75 Å². The van der Waals surface area contributed by atoms with Gasteiger partial charge in [-0.05, 0) is 17.7 Å². The second-order valence-electron chi connectivity index (χ2n) is 3.99. The maximum atomic E-state index is 12.4. The minimum absolute atomic E-state index is 0.0867. The Kier molecular flexibility index (Phi) is 3.76. The molecule has 1 aliphatic heterocycles. The van der Waals surface area contributed by atoms with Crippen LogP contribution in [0.25, 0.3) is 0 Å². The van der Waals surface area contributed by atoms with Crippen LogP contribution >= 0.6 is 0 Å². The number of benzene rings is 1. The Morgan fingerprint density at radius 2 is 2.11 bits per heavy atom. The highest BCUT2D eigenvalue weighted by molar-refractivity contribution is 5.81.